The van der Waals surface area contributed by atoms with Crippen LogP contribution in [-0.4, -0.2) is 38.0 Å². The van der Waals surface area contributed by atoms with Crippen LogP contribution in [0.25, 0.3) is 22.3 Å². The van der Waals surface area contributed by atoms with Crippen LogP contribution in [0.2, 0.25) is 0 Å². The number of nitrogens with zero attached hydrogens (tertiary/aromatic N) is 5. The van der Waals surface area contributed by atoms with Gasteiger partial charge in [-0.25, -0.2) is 23.7 Å². The third-order valence-electron chi connectivity index (χ3n) is 7.09. The van der Waals surface area contributed by atoms with Crippen LogP contribution in [0, 0.1) is 18.6 Å². The summed E-state index contributed by atoms with van der Waals surface area (Å²) in [5.41, 5.74) is 3.18. The Kier molecular flexibility index (Phi) is 6.56. The first-order valence-electron chi connectivity index (χ1n) is 12.5. The van der Waals surface area contributed by atoms with Crippen molar-refractivity contribution in [1.29, 1.82) is 0 Å². The molecule has 7 nitrogen and oxygen atoms in total. The Morgan fingerprint density at radius 1 is 1.11 bits per heavy atom. The molecule has 1 aliphatic carbocycles. The number of fused-ring (bicyclic) bond motifs is 1. The molecule has 11 heteroatoms. The molecule has 0 unspecified atom stereocenters. The molecule has 0 N–H and O–H groups in total. The minimum Gasteiger partial charge on any atom is -0.373 e. The highest BCUT2D eigenvalue weighted by atomic mass is 19.3. The standard InChI is InChI=1S/C27H25F4N5O2/c1-14-23(13-38-27(30)31)35-26-22(33-14)10-21(34-25(26)19-5-2-17(28)9-20(19)29)15-6-7-37-24(8-15)16-11-32-36(12-16)18-3-4-18/h2,5,9-12,15,18,24,27H,3-4,6-8,13H2,1H3/t15-,24+/m1/s1. The first-order valence-corrected chi connectivity index (χ1v) is 12.5. The van der Waals surface area contributed by atoms with E-state index in [4.69, 9.17) is 9.72 Å². The van der Waals surface area contributed by atoms with E-state index in [0.717, 1.165) is 30.5 Å². The molecule has 4 aromatic rings. The maximum Gasteiger partial charge on any atom is 0.345 e. The van der Waals surface area contributed by atoms with Gasteiger partial charge in [0.1, 0.15) is 22.8 Å². The van der Waals surface area contributed by atoms with Gasteiger partial charge >= 0.3 is 6.61 Å². The molecule has 2 aliphatic rings. The van der Waals surface area contributed by atoms with Crippen LogP contribution in [0.1, 0.15) is 66.4 Å². The lowest BCUT2D eigenvalue weighted by atomic mass is 9.89. The predicted octanol–water partition coefficient (Wildman–Crippen LogP) is 6.18. The number of hydrogen-bond acceptors (Lipinski definition) is 6. The fourth-order valence-electron chi connectivity index (χ4n) is 4.91. The summed E-state index contributed by atoms with van der Waals surface area (Å²) in [5.74, 6) is -1.55. The highest BCUT2D eigenvalue weighted by Crippen LogP contribution is 2.40. The van der Waals surface area contributed by atoms with Crippen molar-refractivity contribution in [3.8, 4) is 11.3 Å². The van der Waals surface area contributed by atoms with Crippen LogP contribution in [0.5, 0.6) is 0 Å². The van der Waals surface area contributed by atoms with Gasteiger partial charge in [0, 0.05) is 41.6 Å². The van der Waals surface area contributed by atoms with Crippen LogP contribution in [0.4, 0.5) is 17.6 Å². The van der Waals surface area contributed by atoms with Crippen LogP contribution >= 0.6 is 0 Å². The van der Waals surface area contributed by atoms with Crippen molar-refractivity contribution in [3.05, 3.63) is 70.9 Å². The highest BCUT2D eigenvalue weighted by molar-refractivity contribution is 5.89. The van der Waals surface area contributed by atoms with Crippen molar-refractivity contribution in [2.24, 2.45) is 0 Å². The second-order valence-electron chi connectivity index (χ2n) is 9.78. The number of rotatable bonds is 7. The van der Waals surface area contributed by atoms with Gasteiger partial charge in [-0.3, -0.25) is 4.68 Å². The zero-order valence-corrected chi connectivity index (χ0v) is 20.6. The number of aryl methyl sites for hydroxylation is 1. The van der Waals surface area contributed by atoms with E-state index in [0.29, 0.717) is 42.4 Å². The molecule has 3 aromatic heterocycles. The summed E-state index contributed by atoms with van der Waals surface area (Å²) in [4.78, 5) is 13.9. The van der Waals surface area contributed by atoms with Crippen molar-refractivity contribution in [1.82, 2.24) is 24.7 Å². The maximum atomic E-state index is 14.9. The van der Waals surface area contributed by atoms with Gasteiger partial charge in [0.05, 0.1) is 41.9 Å². The zero-order valence-electron chi connectivity index (χ0n) is 20.6. The van der Waals surface area contributed by atoms with Crippen LogP contribution in [-0.2, 0) is 16.1 Å². The molecule has 4 heterocycles. The van der Waals surface area contributed by atoms with Crippen molar-refractivity contribution >= 4 is 11.0 Å². The molecule has 6 rings (SSSR count). The van der Waals surface area contributed by atoms with Crippen molar-refractivity contribution in [2.75, 3.05) is 6.61 Å². The third-order valence-corrected chi connectivity index (χ3v) is 7.09. The summed E-state index contributed by atoms with van der Waals surface area (Å²) >= 11 is 0. The normalized spacial score (nSPS) is 19.9. The van der Waals surface area contributed by atoms with Crippen LogP contribution in [0.15, 0.2) is 36.7 Å². The summed E-state index contributed by atoms with van der Waals surface area (Å²) in [5, 5.41) is 4.48. The van der Waals surface area contributed by atoms with Gasteiger partial charge in [-0.05, 0) is 50.8 Å². The highest BCUT2D eigenvalue weighted by Gasteiger charge is 2.30. The largest absolute Gasteiger partial charge is 0.373 e. The van der Waals surface area contributed by atoms with Crippen molar-refractivity contribution < 1.29 is 27.0 Å². The minimum atomic E-state index is -2.97. The van der Waals surface area contributed by atoms with Gasteiger partial charge in [-0.15, -0.1) is 0 Å². The van der Waals surface area contributed by atoms with Crippen molar-refractivity contribution in [3.63, 3.8) is 0 Å². The lowest BCUT2D eigenvalue weighted by Gasteiger charge is -2.29. The molecule has 1 aromatic carbocycles. The Balaban J connectivity index is 1.40. The number of hydrogen-bond donors (Lipinski definition) is 0. The van der Waals surface area contributed by atoms with E-state index in [-0.39, 0.29) is 34.5 Å². The minimum absolute atomic E-state index is 0.0198. The molecule has 1 saturated carbocycles. The predicted molar refractivity (Wildman–Crippen MR) is 129 cm³/mol. The molecule has 38 heavy (non-hydrogen) atoms. The molecule has 1 saturated heterocycles. The average molecular weight is 528 g/mol. The molecule has 0 radical (unpaired) electrons. The summed E-state index contributed by atoms with van der Waals surface area (Å²) in [6, 6.07) is 5.49. The van der Waals surface area contributed by atoms with Gasteiger partial charge in [0.25, 0.3) is 0 Å². The molecule has 0 spiro atoms. The van der Waals surface area contributed by atoms with Gasteiger partial charge < -0.3 is 9.47 Å². The number of ether oxygens (including phenoxy) is 2. The Labute approximate surface area is 215 Å². The SMILES string of the molecule is Cc1nc2cc([C@@H]3CCO[C@H](c4cnn(C5CC5)c4)C3)nc(-c3ccc(F)cc3F)c2nc1COC(F)F. The van der Waals surface area contributed by atoms with Gasteiger partial charge in [0.15, 0.2) is 0 Å². The van der Waals surface area contributed by atoms with Gasteiger partial charge in [-0.2, -0.15) is 13.9 Å². The quantitative estimate of drug-likeness (QED) is 0.267. The maximum absolute atomic E-state index is 14.9. The van der Waals surface area contributed by atoms with E-state index in [9.17, 15) is 17.6 Å². The topological polar surface area (TPSA) is 75.0 Å². The first kappa shape index (κ1) is 24.9. The van der Waals surface area contributed by atoms with E-state index in [1.54, 1.807) is 13.0 Å². The second-order valence-corrected chi connectivity index (χ2v) is 9.78. The Morgan fingerprint density at radius 3 is 2.71 bits per heavy atom. The lowest BCUT2D eigenvalue weighted by Crippen LogP contribution is -2.19. The van der Waals surface area contributed by atoms with E-state index in [2.05, 4.69) is 19.8 Å². The average Bonchev–Trinajstić information content (AvgIpc) is 3.63. The van der Waals surface area contributed by atoms with E-state index < -0.39 is 24.9 Å². The molecule has 198 valence electrons. The van der Waals surface area contributed by atoms with Crippen LogP contribution in [0.3, 0.4) is 0 Å². The zero-order chi connectivity index (χ0) is 26.4. The number of alkyl halides is 2. The Hall–Kier alpha value is -3.44. The molecular weight excluding hydrogens is 502 g/mol. The Bertz CT molecular complexity index is 1490. The fraction of sp³-hybridized carbons (Fsp3) is 0.407. The van der Waals surface area contributed by atoms with E-state index in [1.807, 2.05) is 17.1 Å². The summed E-state index contributed by atoms with van der Waals surface area (Å²) in [6.07, 6.45) is 7.33. The molecule has 2 atom stereocenters. The molecular formula is C27H25F4N5O2. The fourth-order valence-corrected chi connectivity index (χ4v) is 4.91. The first-order chi connectivity index (χ1) is 18.4. The summed E-state index contributed by atoms with van der Waals surface area (Å²) in [6.45, 7) is -1.27. The van der Waals surface area contributed by atoms with E-state index >= 15 is 0 Å². The number of halogens is 4. The molecule has 0 bridgehead atoms. The van der Waals surface area contributed by atoms with Crippen molar-refractivity contribution in [2.45, 2.75) is 63.9 Å². The smallest absolute Gasteiger partial charge is 0.345 e. The molecule has 2 fully saturated rings. The van der Waals surface area contributed by atoms with E-state index in [1.165, 1.54) is 6.07 Å². The summed E-state index contributed by atoms with van der Waals surface area (Å²) < 4.78 is 66.5. The molecule has 1 aliphatic heterocycles. The van der Waals surface area contributed by atoms with Gasteiger partial charge in [0.2, 0.25) is 0 Å². The Morgan fingerprint density at radius 2 is 1.95 bits per heavy atom. The van der Waals surface area contributed by atoms with Gasteiger partial charge in [-0.1, -0.05) is 0 Å². The number of aromatic nitrogens is 5. The monoisotopic (exact) mass is 527 g/mol. The lowest BCUT2D eigenvalue weighted by molar-refractivity contribution is -0.138. The van der Waals surface area contributed by atoms with Crippen LogP contribution < -0.4 is 0 Å². The summed E-state index contributed by atoms with van der Waals surface area (Å²) in [7, 11) is 0. The number of pyridine rings is 1. The second kappa shape index (κ2) is 10.0. The molecule has 0 amide bonds. The third kappa shape index (κ3) is 5.00. The number of benzene rings is 1.